The highest BCUT2D eigenvalue weighted by Crippen LogP contribution is 2.23. The maximum absolute atomic E-state index is 2.45. The Bertz CT molecular complexity index is 569. The molecule has 0 saturated heterocycles. The lowest BCUT2D eigenvalue weighted by Crippen LogP contribution is -1.97. The molecule has 0 rings (SSSR count). The van der Waals surface area contributed by atoms with E-state index in [1.165, 1.54) is 52.7 Å². The quantitative estimate of drug-likeness (QED) is 0.270. The van der Waals surface area contributed by atoms with Gasteiger partial charge in [-0.25, -0.2) is 0 Å². The molecular formula is C26H44. The van der Waals surface area contributed by atoms with Crippen LogP contribution in [0.15, 0.2) is 57.7 Å². The van der Waals surface area contributed by atoms with E-state index >= 15 is 0 Å². The zero-order valence-electron chi connectivity index (χ0n) is 19.3. The van der Waals surface area contributed by atoms with Gasteiger partial charge in [-0.05, 0) is 77.4 Å². The molecule has 0 bridgehead atoms. The number of allylic oxidation sites excluding steroid dienone is 10. The van der Waals surface area contributed by atoms with E-state index in [4.69, 9.17) is 0 Å². The largest absolute Gasteiger partial charge is 0.0809 e. The van der Waals surface area contributed by atoms with E-state index < -0.39 is 0 Å². The fourth-order valence-corrected chi connectivity index (χ4v) is 2.51. The molecule has 0 fully saturated rings. The topological polar surface area (TPSA) is 0 Å². The number of unbranched alkanes of at least 4 members (excludes halogenated alkanes) is 1. The first kappa shape index (κ1) is 24.7. The van der Waals surface area contributed by atoms with Crippen molar-refractivity contribution in [2.24, 2.45) is 11.8 Å². The Kier molecular flexibility index (Phi) is 12.3. The van der Waals surface area contributed by atoms with Crippen molar-refractivity contribution in [1.29, 1.82) is 0 Å². The van der Waals surface area contributed by atoms with Gasteiger partial charge in [-0.1, -0.05) is 87.1 Å². The highest BCUT2D eigenvalue weighted by molar-refractivity contribution is 5.40. The molecule has 0 heterocycles. The Balaban J connectivity index is 5.54. The van der Waals surface area contributed by atoms with E-state index in [-0.39, 0.29) is 0 Å². The van der Waals surface area contributed by atoms with Crippen LogP contribution in [-0.4, -0.2) is 0 Å². The van der Waals surface area contributed by atoms with Crippen LogP contribution in [0.2, 0.25) is 0 Å². The molecule has 0 N–H and O–H groups in total. The van der Waals surface area contributed by atoms with Gasteiger partial charge in [0.15, 0.2) is 0 Å². The average Bonchev–Trinajstić information content (AvgIpc) is 2.59. The van der Waals surface area contributed by atoms with E-state index in [9.17, 15) is 0 Å². The normalized spacial score (nSPS) is 15.5. The molecule has 0 nitrogen and oxygen atoms in total. The van der Waals surface area contributed by atoms with Crippen LogP contribution in [0.3, 0.4) is 0 Å². The molecular weight excluding hydrogens is 312 g/mol. The first-order valence-electron chi connectivity index (χ1n) is 10.5. The first-order chi connectivity index (χ1) is 12.1. The number of rotatable bonds is 10. The molecule has 0 aromatic carbocycles. The van der Waals surface area contributed by atoms with E-state index in [0.717, 1.165) is 6.42 Å². The van der Waals surface area contributed by atoms with Crippen LogP contribution < -0.4 is 0 Å². The van der Waals surface area contributed by atoms with Crippen LogP contribution >= 0.6 is 0 Å². The van der Waals surface area contributed by atoms with Gasteiger partial charge in [0.05, 0.1) is 0 Å². The lowest BCUT2D eigenvalue weighted by atomic mass is 9.93. The first-order valence-corrected chi connectivity index (χ1v) is 10.5. The molecule has 0 aromatic rings. The monoisotopic (exact) mass is 356 g/mol. The van der Waals surface area contributed by atoms with Crippen molar-refractivity contribution in [3.05, 3.63) is 57.7 Å². The van der Waals surface area contributed by atoms with Crippen molar-refractivity contribution >= 4 is 0 Å². The van der Waals surface area contributed by atoms with Gasteiger partial charge in [-0.2, -0.15) is 0 Å². The molecule has 0 aliphatic heterocycles. The van der Waals surface area contributed by atoms with Gasteiger partial charge in [0.1, 0.15) is 0 Å². The van der Waals surface area contributed by atoms with Gasteiger partial charge in [0.2, 0.25) is 0 Å². The summed E-state index contributed by atoms with van der Waals surface area (Å²) in [6.07, 6.45) is 14.3. The summed E-state index contributed by atoms with van der Waals surface area (Å²) in [6, 6.07) is 0. The summed E-state index contributed by atoms with van der Waals surface area (Å²) >= 11 is 0. The Hall–Kier alpha value is -1.30. The predicted octanol–water partition coefficient (Wildman–Crippen LogP) is 8.98. The highest BCUT2D eigenvalue weighted by atomic mass is 14.1. The summed E-state index contributed by atoms with van der Waals surface area (Å²) < 4.78 is 0. The van der Waals surface area contributed by atoms with Crippen LogP contribution in [0.5, 0.6) is 0 Å². The molecule has 1 unspecified atom stereocenters. The molecule has 0 aromatic heterocycles. The molecule has 148 valence electrons. The fraction of sp³-hybridized carbons (Fsp3) is 0.615. The standard InChI is InChI=1S/C26H44/c1-11-12-13-22(7)23(8)16-17-26(18-25(10)20(4)5)24(9)15-14-21(6)19(2)3/h14-16,18-19,22H,11-13,17H2,1-10H3/b21-14+,23-16+,24-15+,26-18+. The minimum atomic E-state index is 0.604. The Morgan fingerprint density at radius 1 is 0.846 bits per heavy atom. The molecule has 0 spiro atoms. The second kappa shape index (κ2) is 13.0. The fourth-order valence-electron chi connectivity index (χ4n) is 2.51. The maximum Gasteiger partial charge on any atom is -0.00920 e. The maximum atomic E-state index is 2.45. The van der Waals surface area contributed by atoms with Gasteiger partial charge in [0, 0.05) is 0 Å². The van der Waals surface area contributed by atoms with E-state index in [2.05, 4.69) is 93.5 Å². The second-order valence-corrected chi connectivity index (χ2v) is 8.46. The number of hydrogen-bond acceptors (Lipinski definition) is 0. The summed E-state index contributed by atoms with van der Waals surface area (Å²) in [4.78, 5) is 0. The molecule has 0 heteroatoms. The third-order valence-corrected chi connectivity index (χ3v) is 5.60. The van der Waals surface area contributed by atoms with Gasteiger partial charge in [-0.15, -0.1) is 0 Å². The minimum Gasteiger partial charge on any atom is -0.0809 e. The van der Waals surface area contributed by atoms with Crippen LogP contribution in [0.1, 0.15) is 94.9 Å². The predicted molar refractivity (Wildman–Crippen MR) is 122 cm³/mol. The molecule has 0 aliphatic rings. The van der Waals surface area contributed by atoms with Crippen molar-refractivity contribution in [2.75, 3.05) is 0 Å². The average molecular weight is 357 g/mol. The lowest BCUT2D eigenvalue weighted by molar-refractivity contribution is 0.570. The third kappa shape index (κ3) is 10.00. The molecule has 0 amide bonds. The Morgan fingerprint density at radius 3 is 1.96 bits per heavy atom. The summed E-state index contributed by atoms with van der Waals surface area (Å²) in [7, 11) is 0. The smallest absolute Gasteiger partial charge is 0.00920 e. The van der Waals surface area contributed by atoms with Gasteiger partial charge < -0.3 is 0 Å². The summed E-state index contributed by atoms with van der Waals surface area (Å²) in [6.45, 7) is 22.5. The van der Waals surface area contributed by atoms with Crippen LogP contribution in [0.4, 0.5) is 0 Å². The van der Waals surface area contributed by atoms with E-state index in [1.54, 1.807) is 0 Å². The summed E-state index contributed by atoms with van der Waals surface area (Å²) in [5, 5.41) is 0. The third-order valence-electron chi connectivity index (χ3n) is 5.60. The molecule has 0 radical (unpaired) electrons. The van der Waals surface area contributed by atoms with E-state index in [0.29, 0.717) is 11.8 Å². The highest BCUT2D eigenvalue weighted by Gasteiger charge is 2.05. The summed E-state index contributed by atoms with van der Waals surface area (Å²) in [5.41, 5.74) is 8.53. The number of hydrogen-bond donors (Lipinski definition) is 0. The summed E-state index contributed by atoms with van der Waals surface area (Å²) in [5.74, 6) is 1.29. The molecule has 0 aliphatic carbocycles. The molecule has 0 saturated carbocycles. The molecule has 1 atom stereocenters. The van der Waals surface area contributed by atoms with E-state index in [1.807, 2.05) is 0 Å². The lowest BCUT2D eigenvalue weighted by Gasteiger charge is -2.13. The van der Waals surface area contributed by atoms with Crippen molar-refractivity contribution in [3.8, 4) is 0 Å². The van der Waals surface area contributed by atoms with Crippen LogP contribution in [0.25, 0.3) is 0 Å². The van der Waals surface area contributed by atoms with Gasteiger partial charge in [0.25, 0.3) is 0 Å². The van der Waals surface area contributed by atoms with Crippen LogP contribution in [0, 0.1) is 11.8 Å². The SMILES string of the molecule is CCCCC(C)/C(C)=C/CC(=C\C(C)=C(C)C)/C(C)=C/C=C(\C)C(C)C. The van der Waals surface area contributed by atoms with Crippen molar-refractivity contribution in [1.82, 2.24) is 0 Å². The van der Waals surface area contributed by atoms with Crippen LogP contribution in [-0.2, 0) is 0 Å². The van der Waals surface area contributed by atoms with Crippen molar-refractivity contribution < 1.29 is 0 Å². The van der Waals surface area contributed by atoms with Crippen molar-refractivity contribution in [3.63, 3.8) is 0 Å². The zero-order chi connectivity index (χ0) is 20.3. The Labute approximate surface area is 164 Å². The zero-order valence-corrected chi connectivity index (χ0v) is 19.3. The Morgan fingerprint density at radius 2 is 1.46 bits per heavy atom. The van der Waals surface area contributed by atoms with Gasteiger partial charge in [-0.3, -0.25) is 0 Å². The van der Waals surface area contributed by atoms with Crippen molar-refractivity contribution in [2.45, 2.75) is 94.9 Å². The minimum absolute atomic E-state index is 0.604. The second-order valence-electron chi connectivity index (χ2n) is 8.46. The molecule has 26 heavy (non-hydrogen) atoms. The van der Waals surface area contributed by atoms with Gasteiger partial charge >= 0.3 is 0 Å².